The first-order chi connectivity index (χ1) is 9.13. The first-order valence-corrected chi connectivity index (χ1v) is 7.68. The molecular formula is C16H17FOS. The molecule has 3 rings (SSSR count). The van der Waals surface area contributed by atoms with Gasteiger partial charge in [-0.3, -0.25) is 4.79 Å². The van der Waals surface area contributed by atoms with Gasteiger partial charge >= 0.3 is 0 Å². The van der Waals surface area contributed by atoms with E-state index in [1.165, 1.54) is 23.5 Å². The summed E-state index contributed by atoms with van der Waals surface area (Å²) in [6.07, 6.45) is 4.30. The second-order valence-electron chi connectivity index (χ2n) is 5.61. The highest BCUT2D eigenvalue weighted by atomic mass is 32.1. The summed E-state index contributed by atoms with van der Waals surface area (Å²) < 4.78 is 14.0. The minimum absolute atomic E-state index is 0.175. The van der Waals surface area contributed by atoms with Crippen LogP contribution in [-0.4, -0.2) is 5.78 Å². The molecule has 1 aliphatic rings. The SMILES string of the molecule is CC1CCC(C(=O)c2cc3ccc(F)cc3s2)CC1. The van der Waals surface area contributed by atoms with E-state index in [2.05, 4.69) is 6.92 Å². The molecule has 1 aliphatic carbocycles. The summed E-state index contributed by atoms with van der Waals surface area (Å²) >= 11 is 1.42. The topological polar surface area (TPSA) is 17.1 Å². The van der Waals surface area contributed by atoms with E-state index in [9.17, 15) is 9.18 Å². The maximum atomic E-state index is 13.2. The molecule has 0 amide bonds. The monoisotopic (exact) mass is 276 g/mol. The molecule has 1 heterocycles. The number of carbonyl (C=O) groups excluding carboxylic acids is 1. The zero-order valence-corrected chi connectivity index (χ0v) is 11.8. The molecular weight excluding hydrogens is 259 g/mol. The van der Waals surface area contributed by atoms with Gasteiger partial charge in [0.1, 0.15) is 5.82 Å². The lowest BCUT2D eigenvalue weighted by Gasteiger charge is -2.24. The van der Waals surface area contributed by atoms with Crippen molar-refractivity contribution >= 4 is 27.2 Å². The normalized spacial score (nSPS) is 23.7. The molecule has 19 heavy (non-hydrogen) atoms. The van der Waals surface area contributed by atoms with E-state index in [1.54, 1.807) is 6.07 Å². The van der Waals surface area contributed by atoms with Crippen molar-refractivity contribution in [3.8, 4) is 0 Å². The quantitative estimate of drug-likeness (QED) is 0.701. The molecule has 0 bridgehead atoms. The van der Waals surface area contributed by atoms with Crippen LogP contribution in [0.4, 0.5) is 4.39 Å². The Bertz CT molecular complexity index is 608. The second-order valence-corrected chi connectivity index (χ2v) is 6.70. The maximum Gasteiger partial charge on any atom is 0.175 e. The van der Waals surface area contributed by atoms with Crippen molar-refractivity contribution < 1.29 is 9.18 Å². The van der Waals surface area contributed by atoms with Gasteiger partial charge in [-0.1, -0.05) is 25.8 Å². The Morgan fingerprint density at radius 3 is 2.68 bits per heavy atom. The molecule has 0 N–H and O–H groups in total. The van der Waals surface area contributed by atoms with Crippen LogP contribution in [0, 0.1) is 17.7 Å². The summed E-state index contributed by atoms with van der Waals surface area (Å²) in [6.45, 7) is 2.25. The van der Waals surface area contributed by atoms with Crippen molar-refractivity contribution in [3.05, 3.63) is 35.0 Å². The second kappa shape index (κ2) is 5.04. The molecule has 1 saturated carbocycles. The van der Waals surface area contributed by atoms with Crippen molar-refractivity contribution in [3.63, 3.8) is 0 Å². The summed E-state index contributed by atoms with van der Waals surface area (Å²) in [5.74, 6) is 0.947. The van der Waals surface area contributed by atoms with Crippen LogP contribution in [0.5, 0.6) is 0 Å². The molecule has 1 aromatic carbocycles. The van der Waals surface area contributed by atoms with Crippen molar-refractivity contribution in [2.75, 3.05) is 0 Å². The number of hydrogen-bond acceptors (Lipinski definition) is 2. The summed E-state index contributed by atoms with van der Waals surface area (Å²) in [7, 11) is 0. The lowest BCUT2D eigenvalue weighted by Crippen LogP contribution is -2.20. The van der Waals surface area contributed by atoms with E-state index in [0.717, 1.165) is 46.6 Å². The van der Waals surface area contributed by atoms with Gasteiger partial charge in [0.15, 0.2) is 5.78 Å². The Hall–Kier alpha value is -1.22. The maximum absolute atomic E-state index is 13.2. The van der Waals surface area contributed by atoms with Crippen LogP contribution in [0.25, 0.3) is 10.1 Å². The fourth-order valence-electron chi connectivity index (χ4n) is 2.85. The molecule has 1 nitrogen and oxygen atoms in total. The van der Waals surface area contributed by atoms with Gasteiger partial charge in [-0.25, -0.2) is 4.39 Å². The number of thiophene rings is 1. The van der Waals surface area contributed by atoms with Gasteiger partial charge in [-0.15, -0.1) is 11.3 Å². The van der Waals surface area contributed by atoms with Gasteiger partial charge in [0.25, 0.3) is 0 Å². The molecule has 0 saturated heterocycles. The number of Topliss-reactive ketones (excluding diaryl/α,β-unsaturated/α-hetero) is 1. The largest absolute Gasteiger partial charge is 0.293 e. The molecule has 0 unspecified atom stereocenters. The predicted molar refractivity (Wildman–Crippen MR) is 77.2 cm³/mol. The van der Waals surface area contributed by atoms with Crippen LogP contribution < -0.4 is 0 Å². The average Bonchev–Trinajstić information content (AvgIpc) is 2.81. The van der Waals surface area contributed by atoms with Gasteiger partial charge in [-0.2, -0.15) is 0 Å². The fraction of sp³-hybridized carbons (Fsp3) is 0.438. The number of fused-ring (bicyclic) bond motifs is 1. The number of rotatable bonds is 2. The molecule has 3 heteroatoms. The van der Waals surface area contributed by atoms with Crippen LogP contribution in [0.2, 0.25) is 0 Å². The third kappa shape index (κ3) is 2.57. The minimum Gasteiger partial charge on any atom is -0.293 e. The molecule has 100 valence electrons. The van der Waals surface area contributed by atoms with Crippen LogP contribution >= 0.6 is 11.3 Å². The van der Waals surface area contributed by atoms with E-state index in [4.69, 9.17) is 0 Å². The highest BCUT2D eigenvalue weighted by Gasteiger charge is 2.26. The Kier molecular flexibility index (Phi) is 3.40. The Balaban J connectivity index is 1.85. The zero-order chi connectivity index (χ0) is 13.4. The van der Waals surface area contributed by atoms with Gasteiger partial charge in [0.05, 0.1) is 4.88 Å². The predicted octanol–water partition coefficient (Wildman–Crippen LogP) is 5.05. The minimum atomic E-state index is -0.236. The van der Waals surface area contributed by atoms with Crippen LogP contribution in [0.3, 0.4) is 0 Å². The molecule has 0 radical (unpaired) electrons. The Labute approximate surface area is 116 Å². The van der Waals surface area contributed by atoms with Gasteiger partial charge in [0.2, 0.25) is 0 Å². The van der Waals surface area contributed by atoms with Crippen LogP contribution in [-0.2, 0) is 0 Å². The number of carbonyl (C=O) groups is 1. The molecule has 2 aromatic rings. The Morgan fingerprint density at radius 2 is 1.95 bits per heavy atom. The lowest BCUT2D eigenvalue weighted by molar-refractivity contribution is 0.0880. The third-order valence-electron chi connectivity index (χ3n) is 4.11. The zero-order valence-electron chi connectivity index (χ0n) is 11.0. The average molecular weight is 276 g/mol. The van der Waals surface area contributed by atoms with E-state index in [-0.39, 0.29) is 17.5 Å². The van der Waals surface area contributed by atoms with Crippen molar-refractivity contribution in [1.29, 1.82) is 0 Å². The van der Waals surface area contributed by atoms with Gasteiger partial charge in [0, 0.05) is 10.6 Å². The highest BCUT2D eigenvalue weighted by Crippen LogP contribution is 2.34. The van der Waals surface area contributed by atoms with Crippen molar-refractivity contribution in [2.45, 2.75) is 32.6 Å². The lowest BCUT2D eigenvalue weighted by atomic mass is 9.80. The smallest absolute Gasteiger partial charge is 0.175 e. The van der Waals surface area contributed by atoms with E-state index >= 15 is 0 Å². The first-order valence-electron chi connectivity index (χ1n) is 6.87. The van der Waals surface area contributed by atoms with E-state index in [1.807, 2.05) is 6.07 Å². The standard InChI is InChI=1S/C16H17FOS/c1-10-2-4-11(5-3-10)16(18)15-8-12-6-7-13(17)9-14(12)19-15/h6-11H,2-5H2,1H3. The van der Waals surface area contributed by atoms with Crippen LogP contribution in [0.1, 0.15) is 42.3 Å². The summed E-state index contributed by atoms with van der Waals surface area (Å²) in [6, 6.07) is 6.63. The highest BCUT2D eigenvalue weighted by molar-refractivity contribution is 7.20. The number of benzene rings is 1. The van der Waals surface area contributed by atoms with E-state index < -0.39 is 0 Å². The molecule has 0 spiro atoms. The first kappa shape index (κ1) is 12.8. The number of ketones is 1. The third-order valence-corrected chi connectivity index (χ3v) is 5.22. The summed E-state index contributed by atoms with van der Waals surface area (Å²) in [4.78, 5) is 13.3. The molecule has 1 aromatic heterocycles. The summed E-state index contributed by atoms with van der Waals surface area (Å²) in [5.41, 5.74) is 0. The fourth-order valence-corrected chi connectivity index (χ4v) is 3.96. The number of halogens is 1. The Morgan fingerprint density at radius 1 is 1.21 bits per heavy atom. The van der Waals surface area contributed by atoms with Gasteiger partial charge < -0.3 is 0 Å². The molecule has 0 atom stereocenters. The van der Waals surface area contributed by atoms with Crippen LogP contribution in [0.15, 0.2) is 24.3 Å². The van der Waals surface area contributed by atoms with Gasteiger partial charge in [-0.05, 0) is 42.3 Å². The molecule has 0 aliphatic heterocycles. The van der Waals surface area contributed by atoms with E-state index in [0.29, 0.717) is 0 Å². The van der Waals surface area contributed by atoms with Crippen molar-refractivity contribution in [2.24, 2.45) is 11.8 Å². The molecule has 1 fully saturated rings. The summed E-state index contributed by atoms with van der Waals surface area (Å²) in [5, 5.41) is 0.971. The van der Waals surface area contributed by atoms with Crippen molar-refractivity contribution in [1.82, 2.24) is 0 Å². The number of hydrogen-bond donors (Lipinski definition) is 0.